The van der Waals surface area contributed by atoms with Crippen LogP contribution in [0.5, 0.6) is 0 Å². The van der Waals surface area contributed by atoms with Crippen molar-refractivity contribution >= 4 is 10.0 Å². The summed E-state index contributed by atoms with van der Waals surface area (Å²) in [7, 11) is -3.70. The molecule has 4 nitrogen and oxygen atoms in total. The second kappa shape index (κ2) is 4.85. The molecule has 0 unspecified atom stereocenters. The van der Waals surface area contributed by atoms with Gasteiger partial charge < -0.3 is 5.73 Å². The van der Waals surface area contributed by atoms with Gasteiger partial charge in [-0.3, -0.25) is 0 Å². The third kappa shape index (κ3) is 2.52. The third-order valence-electron chi connectivity index (χ3n) is 3.64. The van der Waals surface area contributed by atoms with Crippen LogP contribution in [0.25, 0.3) is 0 Å². The zero-order valence-corrected chi connectivity index (χ0v) is 12.0. The number of hydrogen-bond donors (Lipinski definition) is 1. The molecule has 1 heterocycles. The lowest BCUT2D eigenvalue weighted by Gasteiger charge is -2.31. The van der Waals surface area contributed by atoms with Crippen LogP contribution < -0.4 is 5.73 Å². The lowest BCUT2D eigenvalue weighted by atomic mass is 10.0. The molecule has 1 fully saturated rings. The van der Waals surface area contributed by atoms with Gasteiger partial charge in [0.1, 0.15) is 5.82 Å². The molecule has 0 saturated carbocycles. The smallest absolute Gasteiger partial charge is 0.243 e. The molecule has 1 aromatic rings. The minimum Gasteiger partial charge on any atom is -0.326 e. The van der Waals surface area contributed by atoms with Crippen molar-refractivity contribution < 1.29 is 12.8 Å². The molecule has 0 amide bonds. The van der Waals surface area contributed by atoms with Gasteiger partial charge in [-0.25, -0.2) is 12.8 Å². The molecule has 0 spiro atoms. The molecule has 0 aliphatic carbocycles. The van der Waals surface area contributed by atoms with Crippen molar-refractivity contribution in [2.45, 2.75) is 43.7 Å². The minimum absolute atomic E-state index is 0.00928. The molecule has 1 saturated heterocycles. The molecule has 6 heteroatoms. The summed E-state index contributed by atoms with van der Waals surface area (Å²) in [6.07, 6.45) is 1.62. The number of benzene rings is 1. The number of hydrogen-bond acceptors (Lipinski definition) is 3. The van der Waals surface area contributed by atoms with E-state index in [0.717, 1.165) is 18.9 Å². The van der Waals surface area contributed by atoms with Crippen LogP contribution in [-0.4, -0.2) is 24.8 Å². The van der Waals surface area contributed by atoms with Gasteiger partial charge in [-0.1, -0.05) is 6.07 Å². The number of rotatable bonds is 3. The Balaban J connectivity index is 2.54. The predicted molar refractivity (Wildman–Crippen MR) is 71.5 cm³/mol. The molecule has 2 N–H and O–H groups in total. The van der Waals surface area contributed by atoms with Crippen molar-refractivity contribution in [3.63, 3.8) is 0 Å². The molecule has 0 atom stereocenters. The maximum absolute atomic E-state index is 13.4. The fraction of sp³-hybridized carbons (Fsp3) is 0.538. The molecule has 2 rings (SSSR count). The van der Waals surface area contributed by atoms with Crippen LogP contribution in [0, 0.1) is 5.82 Å². The van der Waals surface area contributed by atoms with Crippen molar-refractivity contribution in [1.82, 2.24) is 4.31 Å². The van der Waals surface area contributed by atoms with E-state index in [1.165, 1.54) is 16.4 Å². The molecule has 1 aliphatic rings. The quantitative estimate of drug-likeness (QED) is 0.922. The summed E-state index contributed by atoms with van der Waals surface area (Å²) in [4.78, 5) is -0.00928. The Hall–Kier alpha value is -0.980. The van der Waals surface area contributed by atoms with Crippen molar-refractivity contribution in [3.8, 4) is 0 Å². The van der Waals surface area contributed by atoms with Crippen LogP contribution in [0.4, 0.5) is 4.39 Å². The van der Waals surface area contributed by atoms with Gasteiger partial charge in [-0.2, -0.15) is 4.31 Å². The topological polar surface area (TPSA) is 63.4 Å². The highest BCUT2D eigenvalue weighted by Crippen LogP contribution is 2.34. The molecular formula is C13H19FN2O2S. The van der Waals surface area contributed by atoms with E-state index in [4.69, 9.17) is 5.73 Å². The molecule has 1 aliphatic heterocycles. The Morgan fingerprint density at radius 1 is 1.42 bits per heavy atom. The van der Waals surface area contributed by atoms with E-state index >= 15 is 0 Å². The lowest BCUT2D eigenvalue weighted by molar-refractivity contribution is 0.291. The molecule has 19 heavy (non-hydrogen) atoms. The number of halogens is 1. The Morgan fingerprint density at radius 2 is 2.11 bits per heavy atom. The summed E-state index contributed by atoms with van der Waals surface area (Å²) in [6, 6.07) is 3.73. The van der Waals surface area contributed by atoms with Crippen LogP contribution in [-0.2, 0) is 16.6 Å². The summed E-state index contributed by atoms with van der Waals surface area (Å²) in [6.45, 7) is 4.32. The molecule has 1 aromatic carbocycles. The highest BCUT2D eigenvalue weighted by Gasteiger charge is 2.41. The summed E-state index contributed by atoms with van der Waals surface area (Å²) < 4.78 is 40.2. The van der Waals surface area contributed by atoms with E-state index in [1.54, 1.807) is 0 Å². The van der Waals surface area contributed by atoms with E-state index in [0.29, 0.717) is 12.1 Å². The van der Waals surface area contributed by atoms with Gasteiger partial charge in [0.05, 0.1) is 4.90 Å². The second-order valence-corrected chi connectivity index (χ2v) is 7.28. The van der Waals surface area contributed by atoms with Crippen LogP contribution >= 0.6 is 0 Å². The van der Waals surface area contributed by atoms with Gasteiger partial charge in [0.2, 0.25) is 10.0 Å². The molecule has 0 radical (unpaired) electrons. The van der Waals surface area contributed by atoms with Crippen molar-refractivity contribution in [2.24, 2.45) is 5.73 Å². The fourth-order valence-corrected chi connectivity index (χ4v) is 4.68. The molecular weight excluding hydrogens is 267 g/mol. The maximum Gasteiger partial charge on any atom is 0.243 e. The van der Waals surface area contributed by atoms with Crippen LogP contribution in [0.3, 0.4) is 0 Å². The SMILES string of the molecule is CC1(C)CCCN1S(=O)(=O)c1cc(F)ccc1CN. The van der Waals surface area contributed by atoms with Gasteiger partial charge in [-0.15, -0.1) is 0 Å². The Kier molecular flexibility index (Phi) is 3.68. The van der Waals surface area contributed by atoms with Gasteiger partial charge in [0.25, 0.3) is 0 Å². The minimum atomic E-state index is -3.70. The molecule has 106 valence electrons. The standard InChI is InChI=1S/C13H19FN2O2S/c1-13(2)6-3-7-16(13)19(17,18)12-8-11(14)5-4-10(12)9-15/h4-5,8H,3,6-7,9,15H2,1-2H3. The Labute approximate surface area is 113 Å². The summed E-state index contributed by atoms with van der Waals surface area (Å²) in [5.41, 5.74) is 5.57. The average molecular weight is 286 g/mol. The number of sulfonamides is 1. The summed E-state index contributed by atoms with van der Waals surface area (Å²) in [5, 5.41) is 0. The lowest BCUT2D eigenvalue weighted by Crippen LogP contribution is -2.42. The normalized spacial score (nSPS) is 19.8. The molecule has 0 bridgehead atoms. The van der Waals surface area contributed by atoms with Crippen molar-refractivity contribution in [1.29, 1.82) is 0 Å². The monoisotopic (exact) mass is 286 g/mol. The Morgan fingerprint density at radius 3 is 2.63 bits per heavy atom. The number of nitrogens with two attached hydrogens (primary N) is 1. The van der Waals surface area contributed by atoms with Crippen LogP contribution in [0.15, 0.2) is 23.1 Å². The van der Waals surface area contributed by atoms with Crippen molar-refractivity contribution in [3.05, 3.63) is 29.6 Å². The first-order chi connectivity index (χ1) is 8.79. The highest BCUT2D eigenvalue weighted by molar-refractivity contribution is 7.89. The van der Waals surface area contributed by atoms with Gasteiger partial charge >= 0.3 is 0 Å². The number of nitrogens with zero attached hydrogens (tertiary/aromatic N) is 1. The van der Waals surface area contributed by atoms with E-state index in [1.807, 2.05) is 13.8 Å². The van der Waals surface area contributed by atoms with Gasteiger partial charge in [0.15, 0.2) is 0 Å². The van der Waals surface area contributed by atoms with Crippen LogP contribution in [0.1, 0.15) is 32.3 Å². The summed E-state index contributed by atoms with van der Waals surface area (Å²) in [5.74, 6) is -0.562. The van der Waals surface area contributed by atoms with E-state index in [9.17, 15) is 12.8 Å². The van der Waals surface area contributed by atoms with E-state index in [-0.39, 0.29) is 11.4 Å². The first-order valence-electron chi connectivity index (χ1n) is 6.30. The second-order valence-electron chi connectivity index (χ2n) is 5.45. The van der Waals surface area contributed by atoms with E-state index in [2.05, 4.69) is 0 Å². The van der Waals surface area contributed by atoms with E-state index < -0.39 is 21.4 Å². The largest absolute Gasteiger partial charge is 0.326 e. The highest BCUT2D eigenvalue weighted by atomic mass is 32.2. The zero-order valence-electron chi connectivity index (χ0n) is 11.2. The Bertz CT molecular complexity index is 584. The summed E-state index contributed by atoms with van der Waals surface area (Å²) >= 11 is 0. The average Bonchev–Trinajstić information content (AvgIpc) is 2.69. The zero-order chi connectivity index (χ0) is 14.3. The molecule has 0 aromatic heterocycles. The first-order valence-corrected chi connectivity index (χ1v) is 7.74. The predicted octanol–water partition coefficient (Wildman–Crippen LogP) is 1.85. The third-order valence-corrected chi connectivity index (χ3v) is 5.84. The van der Waals surface area contributed by atoms with Gasteiger partial charge in [0, 0.05) is 18.6 Å². The van der Waals surface area contributed by atoms with Crippen molar-refractivity contribution in [2.75, 3.05) is 6.54 Å². The van der Waals surface area contributed by atoms with Crippen LogP contribution in [0.2, 0.25) is 0 Å². The first kappa shape index (κ1) is 14.4. The van der Waals surface area contributed by atoms with Gasteiger partial charge in [-0.05, 0) is 44.4 Å². The maximum atomic E-state index is 13.4. The fourth-order valence-electron chi connectivity index (χ4n) is 2.58.